The van der Waals surface area contributed by atoms with Crippen LogP contribution in [-0.4, -0.2) is 102 Å². The number of hydrogen-bond donors (Lipinski definition) is 6. The largest absolute Gasteiger partial charge is 0.394 e. The number of aromatic nitrogens is 7. The van der Waals surface area contributed by atoms with E-state index in [2.05, 4.69) is 32.2 Å². The molecule has 0 bridgehead atoms. The molecule has 3 aliphatic rings. The number of aliphatic hydroxyl groups is 4. The van der Waals surface area contributed by atoms with E-state index in [1.54, 1.807) is 4.57 Å². The van der Waals surface area contributed by atoms with Crippen LogP contribution in [0.1, 0.15) is 11.6 Å². The third-order valence-electron chi connectivity index (χ3n) is 7.50. The van der Waals surface area contributed by atoms with Gasteiger partial charge in [0.15, 0.2) is 17.7 Å². The summed E-state index contributed by atoms with van der Waals surface area (Å²) in [7, 11) is 0. The molecule has 218 valence electrons. The molecule has 41 heavy (non-hydrogen) atoms. The topological polar surface area (TPSA) is 235 Å². The van der Waals surface area contributed by atoms with Crippen LogP contribution in [0.3, 0.4) is 0 Å². The minimum Gasteiger partial charge on any atom is -0.394 e. The van der Waals surface area contributed by atoms with E-state index in [1.165, 1.54) is 46.3 Å². The zero-order chi connectivity index (χ0) is 28.8. The molecule has 1 saturated carbocycles. The summed E-state index contributed by atoms with van der Waals surface area (Å²) in [5, 5.41) is 41.4. The first-order chi connectivity index (χ1) is 19.5. The van der Waals surface area contributed by atoms with Crippen LogP contribution in [0.15, 0.2) is 42.1 Å². The molecule has 20 heteroatoms. The van der Waals surface area contributed by atoms with Gasteiger partial charge in [-0.2, -0.15) is 0 Å². The van der Waals surface area contributed by atoms with Gasteiger partial charge in [0, 0.05) is 24.7 Å². The maximum atomic E-state index is 13.5. The minimum atomic E-state index is -4.34. The Hall–Kier alpha value is -2.58. The standard InChI is InChI=1S/C21H23N8O9PS2/c22-16-10-17(25-6-24-16)29(7-26-10)19-13(33)21(34)14(15(21)41-19)38-39(35,40)37-12-11(32)8(5-30)36-18(12)28-3-1-9(31)27-4-2-23-20(27)28/h1-4,6-8,11-15,18-19,30,32-34H,5H2,(H,35,40)(H2,22,24,25)/t8-,11-,12?,13+,14?,15-,18-,19-,21-,39?/m1/s1. The lowest BCUT2D eigenvalue weighted by molar-refractivity contribution is -0.0514. The summed E-state index contributed by atoms with van der Waals surface area (Å²) in [5.41, 5.74) is 4.39. The van der Waals surface area contributed by atoms with Gasteiger partial charge in [0.2, 0.25) is 5.78 Å². The molecule has 0 radical (unpaired) electrons. The molecule has 0 amide bonds. The van der Waals surface area contributed by atoms with Crippen molar-refractivity contribution in [1.82, 2.24) is 33.5 Å². The molecular formula is C21H23N8O9PS2. The van der Waals surface area contributed by atoms with Crippen LogP contribution in [0.4, 0.5) is 5.82 Å². The first-order valence-electron chi connectivity index (χ1n) is 12.2. The lowest BCUT2D eigenvalue weighted by Crippen LogP contribution is -2.37. The summed E-state index contributed by atoms with van der Waals surface area (Å²) < 4.78 is 34.7. The Kier molecular flexibility index (Phi) is 6.29. The molecule has 4 aromatic heterocycles. The van der Waals surface area contributed by atoms with Crippen LogP contribution in [0.2, 0.25) is 0 Å². The van der Waals surface area contributed by atoms with Gasteiger partial charge in [-0.25, -0.2) is 24.5 Å². The lowest BCUT2D eigenvalue weighted by Gasteiger charge is -2.27. The number of rotatable bonds is 7. The van der Waals surface area contributed by atoms with Crippen molar-refractivity contribution in [1.29, 1.82) is 0 Å². The van der Waals surface area contributed by atoms with E-state index in [9.17, 15) is 29.8 Å². The Bertz CT molecular complexity index is 1770. The maximum Gasteiger partial charge on any atom is 0.387 e. The molecule has 0 aromatic carbocycles. The van der Waals surface area contributed by atoms with Gasteiger partial charge in [-0.3, -0.25) is 27.4 Å². The van der Waals surface area contributed by atoms with Crippen molar-refractivity contribution < 1.29 is 38.8 Å². The summed E-state index contributed by atoms with van der Waals surface area (Å²) in [5.74, 6) is 0.312. The second-order valence-corrected chi connectivity index (χ2v) is 13.9. The second kappa shape index (κ2) is 9.46. The average Bonchev–Trinajstić information content (AvgIpc) is 3.51. The maximum absolute atomic E-state index is 13.5. The number of hydrogen-bond acceptors (Lipinski definition) is 15. The van der Waals surface area contributed by atoms with E-state index in [0.29, 0.717) is 11.2 Å². The predicted octanol–water partition coefficient (Wildman–Crippen LogP) is -1.30. The fourth-order valence-electron chi connectivity index (χ4n) is 5.39. The van der Waals surface area contributed by atoms with E-state index in [1.807, 2.05) is 0 Å². The van der Waals surface area contributed by atoms with Crippen molar-refractivity contribution in [3.63, 3.8) is 0 Å². The highest BCUT2D eigenvalue weighted by molar-refractivity contribution is 8.44. The zero-order valence-corrected chi connectivity index (χ0v) is 23.2. The van der Waals surface area contributed by atoms with Gasteiger partial charge in [0.25, 0.3) is 5.56 Å². The molecular weight excluding hydrogens is 603 g/mol. The van der Waals surface area contributed by atoms with Crippen LogP contribution in [0.25, 0.3) is 16.9 Å². The van der Waals surface area contributed by atoms with Crippen LogP contribution >= 0.6 is 30.8 Å². The third kappa shape index (κ3) is 4.07. The molecule has 10 atom stereocenters. The van der Waals surface area contributed by atoms with E-state index in [-0.39, 0.29) is 17.2 Å². The molecule has 4 aromatic rings. The Balaban J connectivity index is 1.11. The minimum absolute atomic E-state index is 0.146. The number of fused-ring (bicyclic) bond motifs is 3. The summed E-state index contributed by atoms with van der Waals surface area (Å²) in [6.07, 6.45) is -0.811. The van der Waals surface area contributed by atoms with Gasteiger partial charge in [-0.15, -0.1) is 11.8 Å². The third-order valence-corrected chi connectivity index (χ3v) is 10.8. The Labute approximate surface area is 238 Å². The van der Waals surface area contributed by atoms with Gasteiger partial charge in [0.05, 0.1) is 18.2 Å². The van der Waals surface area contributed by atoms with Gasteiger partial charge in [0.1, 0.15) is 53.3 Å². The van der Waals surface area contributed by atoms with Crippen molar-refractivity contribution >= 4 is 53.6 Å². The SMILES string of the molecule is Nc1ncnc2c1ncn2[C@@H]1S[C@@H]2C(OP(=O)(S)OC3[C@H](n4ccc(=O)n5ccnc45)O[C@H](CO)[C@H]3O)[C@]2(O)[C@H]1O. The number of nitrogens with zero attached hydrogens (tertiary/aromatic N) is 7. The number of nitrogen functional groups attached to an aromatic ring is 1. The number of thiol groups is 1. The number of aliphatic hydroxyl groups excluding tert-OH is 3. The molecule has 2 aliphatic heterocycles. The molecule has 3 fully saturated rings. The van der Waals surface area contributed by atoms with Crippen molar-refractivity contribution in [3.05, 3.63) is 47.7 Å². The van der Waals surface area contributed by atoms with Crippen molar-refractivity contribution in [3.8, 4) is 0 Å². The molecule has 2 saturated heterocycles. The average molecular weight is 627 g/mol. The van der Waals surface area contributed by atoms with Crippen LogP contribution in [-0.2, 0) is 18.3 Å². The molecule has 1 aliphatic carbocycles. The smallest absolute Gasteiger partial charge is 0.387 e. The first kappa shape index (κ1) is 27.3. The number of imidazole rings is 2. The predicted molar refractivity (Wildman–Crippen MR) is 144 cm³/mol. The van der Waals surface area contributed by atoms with Crippen molar-refractivity contribution in [2.45, 2.75) is 53.0 Å². The first-order valence-corrected chi connectivity index (χ1v) is 15.9. The number of nitrogens with two attached hydrogens (primary N) is 1. The number of anilines is 1. The van der Waals surface area contributed by atoms with Gasteiger partial charge < -0.3 is 30.9 Å². The zero-order valence-electron chi connectivity index (χ0n) is 20.6. The summed E-state index contributed by atoms with van der Waals surface area (Å²) >= 11 is 5.23. The van der Waals surface area contributed by atoms with Gasteiger partial charge in [-0.05, 0) is 0 Å². The lowest BCUT2D eigenvalue weighted by atomic mass is 10.1. The van der Waals surface area contributed by atoms with Crippen LogP contribution in [0.5, 0.6) is 0 Å². The van der Waals surface area contributed by atoms with Crippen molar-refractivity contribution in [2.75, 3.05) is 12.3 Å². The van der Waals surface area contributed by atoms with Gasteiger partial charge in [-0.1, -0.05) is 12.2 Å². The highest BCUT2D eigenvalue weighted by Crippen LogP contribution is 2.69. The molecule has 17 nitrogen and oxygen atoms in total. The number of thioether (sulfide) groups is 1. The fraction of sp³-hybridized carbons (Fsp3) is 0.476. The molecule has 6 N–H and O–H groups in total. The number of ether oxygens (including phenoxy) is 1. The normalized spacial score (nSPS) is 36.1. The highest BCUT2D eigenvalue weighted by Gasteiger charge is 2.78. The van der Waals surface area contributed by atoms with E-state index < -0.39 is 66.4 Å². The summed E-state index contributed by atoms with van der Waals surface area (Å²) in [6.45, 7) is -4.93. The quantitative estimate of drug-likeness (QED) is 0.103. The molecule has 3 unspecified atom stereocenters. The van der Waals surface area contributed by atoms with Crippen molar-refractivity contribution in [2.24, 2.45) is 0 Å². The summed E-state index contributed by atoms with van der Waals surface area (Å²) in [6, 6.07) is 1.24. The van der Waals surface area contributed by atoms with E-state index in [0.717, 1.165) is 11.8 Å². The monoisotopic (exact) mass is 626 g/mol. The van der Waals surface area contributed by atoms with Crippen LogP contribution < -0.4 is 11.3 Å². The Morgan fingerprint density at radius 2 is 2.00 bits per heavy atom. The summed E-state index contributed by atoms with van der Waals surface area (Å²) in [4.78, 5) is 28.6. The second-order valence-electron chi connectivity index (χ2n) is 9.82. The van der Waals surface area contributed by atoms with Gasteiger partial charge >= 0.3 is 6.80 Å². The Morgan fingerprint density at radius 1 is 1.20 bits per heavy atom. The fourth-order valence-corrected chi connectivity index (χ4v) is 9.05. The molecule has 0 spiro atoms. The van der Waals surface area contributed by atoms with Crippen LogP contribution in [0, 0.1) is 0 Å². The van der Waals surface area contributed by atoms with E-state index >= 15 is 0 Å². The highest BCUT2D eigenvalue weighted by atomic mass is 32.7. The molecule has 7 rings (SSSR count). The molecule has 6 heterocycles. The van der Waals surface area contributed by atoms with E-state index in [4.69, 9.17) is 19.5 Å². The Morgan fingerprint density at radius 3 is 2.73 bits per heavy atom.